The maximum Gasteiger partial charge on any atom is 0.221 e. The van der Waals surface area contributed by atoms with Crippen LogP contribution in [-0.4, -0.2) is 47.7 Å². The fraction of sp³-hybridized carbons (Fsp3) is 0.933. The Balaban J connectivity index is 1.75. The molecule has 1 amide bonds. The monoisotopic (exact) mass is 268 g/mol. The van der Waals surface area contributed by atoms with Gasteiger partial charge in [0.25, 0.3) is 0 Å². The van der Waals surface area contributed by atoms with Crippen LogP contribution < -0.4 is 5.32 Å². The molecule has 0 aromatic heterocycles. The van der Waals surface area contributed by atoms with Crippen molar-refractivity contribution in [2.75, 3.05) is 26.2 Å². The highest BCUT2D eigenvalue weighted by atomic mass is 16.3. The minimum absolute atomic E-state index is 0.0785. The van der Waals surface area contributed by atoms with Gasteiger partial charge in [-0.3, -0.25) is 4.79 Å². The van der Waals surface area contributed by atoms with Crippen LogP contribution in [0.4, 0.5) is 0 Å². The molecule has 1 saturated heterocycles. The molecule has 4 nitrogen and oxygen atoms in total. The molecule has 0 unspecified atom stereocenters. The number of likely N-dealkylation sites (tertiary alicyclic amines) is 1. The van der Waals surface area contributed by atoms with Gasteiger partial charge >= 0.3 is 0 Å². The first-order valence-electron chi connectivity index (χ1n) is 7.78. The zero-order chi connectivity index (χ0) is 13.7. The quantitative estimate of drug-likeness (QED) is 0.795. The summed E-state index contributed by atoms with van der Waals surface area (Å²) < 4.78 is 0. The van der Waals surface area contributed by atoms with Gasteiger partial charge in [0.05, 0.1) is 12.1 Å². The van der Waals surface area contributed by atoms with Crippen molar-refractivity contribution in [1.29, 1.82) is 0 Å². The molecule has 1 saturated carbocycles. The minimum Gasteiger partial charge on any atom is -0.394 e. The molecule has 1 heterocycles. The molecule has 0 radical (unpaired) electrons. The molecule has 2 N–H and O–H groups in total. The Bertz CT molecular complexity index is 293. The van der Waals surface area contributed by atoms with Crippen molar-refractivity contribution in [2.45, 2.75) is 57.4 Å². The lowest BCUT2D eigenvalue weighted by Crippen LogP contribution is -2.53. The number of aliphatic hydroxyl groups is 1. The molecule has 4 heteroatoms. The Morgan fingerprint density at radius 2 is 1.95 bits per heavy atom. The number of carbonyl (C=O) groups is 1. The molecule has 0 aromatic carbocycles. The van der Waals surface area contributed by atoms with Crippen LogP contribution in [0.15, 0.2) is 0 Å². The van der Waals surface area contributed by atoms with Crippen molar-refractivity contribution in [1.82, 2.24) is 10.2 Å². The zero-order valence-corrected chi connectivity index (χ0v) is 12.2. The maximum atomic E-state index is 12.1. The third-order valence-electron chi connectivity index (χ3n) is 4.79. The summed E-state index contributed by atoms with van der Waals surface area (Å²) in [5.41, 5.74) is -0.339. The van der Waals surface area contributed by atoms with E-state index in [-0.39, 0.29) is 18.1 Å². The van der Waals surface area contributed by atoms with Gasteiger partial charge in [-0.05, 0) is 57.5 Å². The van der Waals surface area contributed by atoms with E-state index in [1.807, 2.05) is 0 Å². The van der Waals surface area contributed by atoms with Gasteiger partial charge in [0.1, 0.15) is 0 Å². The number of carbonyl (C=O) groups excluding carboxylic acids is 1. The van der Waals surface area contributed by atoms with Crippen LogP contribution >= 0.6 is 0 Å². The number of aliphatic hydroxyl groups excluding tert-OH is 1. The summed E-state index contributed by atoms with van der Waals surface area (Å²) in [5.74, 6) is 0.830. The Labute approximate surface area is 116 Å². The molecule has 2 aliphatic rings. The van der Waals surface area contributed by atoms with Crippen molar-refractivity contribution < 1.29 is 9.90 Å². The highest BCUT2D eigenvalue weighted by Gasteiger charge is 2.34. The Hall–Kier alpha value is -0.610. The van der Waals surface area contributed by atoms with Crippen molar-refractivity contribution in [3.63, 3.8) is 0 Å². The molecular formula is C15H28N2O2. The summed E-state index contributed by atoms with van der Waals surface area (Å²) in [5, 5.41) is 12.7. The van der Waals surface area contributed by atoms with Gasteiger partial charge in [-0.15, -0.1) is 0 Å². The summed E-state index contributed by atoms with van der Waals surface area (Å²) >= 11 is 0. The van der Waals surface area contributed by atoms with E-state index in [4.69, 9.17) is 0 Å². The Morgan fingerprint density at radius 1 is 1.32 bits per heavy atom. The van der Waals surface area contributed by atoms with Crippen LogP contribution in [0.1, 0.15) is 51.9 Å². The third-order valence-corrected chi connectivity index (χ3v) is 4.79. The molecule has 1 aliphatic carbocycles. The van der Waals surface area contributed by atoms with Gasteiger partial charge < -0.3 is 15.3 Å². The second-order valence-electron chi connectivity index (χ2n) is 6.47. The summed E-state index contributed by atoms with van der Waals surface area (Å²) in [7, 11) is 0. The largest absolute Gasteiger partial charge is 0.394 e. The molecule has 0 atom stereocenters. The number of amides is 1. The van der Waals surface area contributed by atoms with Crippen LogP contribution in [0.5, 0.6) is 0 Å². The third kappa shape index (κ3) is 4.18. The van der Waals surface area contributed by atoms with Crippen molar-refractivity contribution in [3.05, 3.63) is 0 Å². The standard InChI is InChI=1S/C15H28N2O2/c1-13-4-7-15(12-18,8-5-13)16-14(19)6-11-17-9-2-3-10-17/h13,18H,2-12H2,1H3,(H,16,19). The van der Waals surface area contributed by atoms with Gasteiger partial charge in [0.2, 0.25) is 5.91 Å². The second kappa shape index (κ2) is 6.71. The van der Waals surface area contributed by atoms with Crippen molar-refractivity contribution in [3.8, 4) is 0 Å². The highest BCUT2D eigenvalue weighted by molar-refractivity contribution is 5.77. The maximum absolute atomic E-state index is 12.1. The number of rotatable bonds is 5. The fourth-order valence-electron chi connectivity index (χ4n) is 3.26. The number of nitrogens with one attached hydrogen (secondary N) is 1. The molecule has 2 fully saturated rings. The van der Waals surface area contributed by atoms with Gasteiger partial charge in [0.15, 0.2) is 0 Å². The van der Waals surface area contributed by atoms with Gasteiger partial charge in [-0.2, -0.15) is 0 Å². The van der Waals surface area contributed by atoms with Crippen molar-refractivity contribution >= 4 is 5.91 Å². The van der Waals surface area contributed by atoms with Crippen LogP contribution in [0.2, 0.25) is 0 Å². The van der Waals surface area contributed by atoms with Crippen LogP contribution in [-0.2, 0) is 4.79 Å². The van der Waals surface area contributed by atoms with E-state index in [9.17, 15) is 9.90 Å². The van der Waals surface area contributed by atoms with Gasteiger partial charge in [-0.25, -0.2) is 0 Å². The SMILES string of the molecule is CC1CCC(CO)(NC(=O)CCN2CCCC2)CC1. The summed E-state index contributed by atoms with van der Waals surface area (Å²) in [6, 6.07) is 0. The van der Waals surface area contributed by atoms with E-state index < -0.39 is 0 Å². The van der Waals surface area contributed by atoms with E-state index in [1.165, 1.54) is 12.8 Å². The fourth-order valence-corrected chi connectivity index (χ4v) is 3.26. The molecular weight excluding hydrogens is 240 g/mol. The normalized spacial score (nSPS) is 32.4. The Kier molecular flexibility index (Phi) is 5.22. The Morgan fingerprint density at radius 3 is 2.53 bits per heavy atom. The summed E-state index contributed by atoms with van der Waals surface area (Å²) in [4.78, 5) is 14.4. The van der Waals surface area contributed by atoms with E-state index in [1.54, 1.807) is 0 Å². The first-order chi connectivity index (χ1) is 9.13. The molecule has 19 heavy (non-hydrogen) atoms. The van der Waals surface area contributed by atoms with Crippen LogP contribution in [0.3, 0.4) is 0 Å². The van der Waals surface area contributed by atoms with E-state index in [0.717, 1.165) is 51.2 Å². The van der Waals surface area contributed by atoms with Gasteiger partial charge in [0, 0.05) is 13.0 Å². The predicted molar refractivity (Wildman–Crippen MR) is 75.9 cm³/mol. The molecule has 0 bridgehead atoms. The lowest BCUT2D eigenvalue weighted by molar-refractivity contribution is -0.124. The smallest absolute Gasteiger partial charge is 0.221 e. The molecule has 0 aromatic rings. The molecule has 0 spiro atoms. The number of nitrogens with zero attached hydrogens (tertiary/aromatic N) is 1. The highest BCUT2D eigenvalue weighted by Crippen LogP contribution is 2.31. The number of hydrogen-bond acceptors (Lipinski definition) is 3. The van der Waals surface area contributed by atoms with E-state index in [0.29, 0.717) is 6.42 Å². The van der Waals surface area contributed by atoms with Gasteiger partial charge in [-0.1, -0.05) is 6.92 Å². The topological polar surface area (TPSA) is 52.6 Å². The minimum atomic E-state index is -0.339. The summed E-state index contributed by atoms with van der Waals surface area (Å²) in [6.07, 6.45) is 7.14. The average Bonchev–Trinajstić information content (AvgIpc) is 2.93. The van der Waals surface area contributed by atoms with E-state index in [2.05, 4.69) is 17.1 Å². The average molecular weight is 268 g/mol. The number of hydrogen-bond donors (Lipinski definition) is 2. The van der Waals surface area contributed by atoms with E-state index >= 15 is 0 Å². The lowest BCUT2D eigenvalue weighted by atomic mass is 9.77. The molecule has 1 aliphatic heterocycles. The molecule has 2 rings (SSSR count). The predicted octanol–water partition coefficient (Wildman–Crippen LogP) is 1.53. The van der Waals surface area contributed by atoms with Crippen LogP contribution in [0, 0.1) is 5.92 Å². The second-order valence-corrected chi connectivity index (χ2v) is 6.47. The van der Waals surface area contributed by atoms with Crippen LogP contribution in [0.25, 0.3) is 0 Å². The zero-order valence-electron chi connectivity index (χ0n) is 12.2. The lowest BCUT2D eigenvalue weighted by Gasteiger charge is -2.38. The summed E-state index contributed by atoms with van der Waals surface area (Å²) in [6.45, 7) is 5.46. The first-order valence-corrected chi connectivity index (χ1v) is 7.78. The molecule has 110 valence electrons. The van der Waals surface area contributed by atoms with Crippen molar-refractivity contribution in [2.24, 2.45) is 5.92 Å². The first kappa shape index (κ1) is 14.8.